The van der Waals surface area contributed by atoms with E-state index in [9.17, 15) is 18.0 Å². The molecule has 1 fully saturated rings. The second kappa shape index (κ2) is 9.27. The van der Waals surface area contributed by atoms with Crippen LogP contribution in [-0.2, 0) is 6.42 Å². The van der Waals surface area contributed by atoms with Gasteiger partial charge in [-0.1, -0.05) is 6.92 Å². The van der Waals surface area contributed by atoms with E-state index in [1.807, 2.05) is 25.3 Å². The first-order valence-electron chi connectivity index (χ1n) is 11.3. The number of carbonyl (C=O) groups is 1. The Morgan fingerprint density at radius 3 is 2.52 bits per heavy atom. The Morgan fingerprint density at radius 1 is 1.15 bits per heavy atom. The van der Waals surface area contributed by atoms with Crippen LogP contribution in [0.5, 0.6) is 0 Å². The van der Waals surface area contributed by atoms with E-state index in [1.54, 1.807) is 6.20 Å². The molecule has 5 nitrogen and oxygen atoms in total. The van der Waals surface area contributed by atoms with Gasteiger partial charge in [-0.2, -0.15) is 13.2 Å². The van der Waals surface area contributed by atoms with E-state index in [-0.39, 0.29) is 6.04 Å². The number of hydrogen-bond acceptors (Lipinski definition) is 4. The van der Waals surface area contributed by atoms with Crippen LogP contribution in [0.3, 0.4) is 0 Å². The van der Waals surface area contributed by atoms with E-state index >= 15 is 0 Å². The number of pyridine rings is 2. The van der Waals surface area contributed by atoms with Gasteiger partial charge in [0.25, 0.3) is 0 Å². The lowest BCUT2D eigenvalue weighted by Crippen LogP contribution is -2.49. The lowest BCUT2D eigenvalue weighted by atomic mass is 10.00. The first kappa shape index (κ1) is 23.4. The van der Waals surface area contributed by atoms with Crippen molar-refractivity contribution in [1.29, 1.82) is 0 Å². The molecule has 0 aromatic carbocycles. The van der Waals surface area contributed by atoms with Crippen molar-refractivity contribution in [1.82, 2.24) is 19.2 Å². The standard InChI is InChI=1S/C25H29F3N4O/c1-4-21-13-19(5-7-29-21)22-6-8-32-23(22)14-20(15-33)17(2)24(32)18(3)31-11-9-30(10-12-31)16-25(26,27)28/h5-8,13-15,18H,4,9-12,16H2,1-3H3. The summed E-state index contributed by atoms with van der Waals surface area (Å²) in [5, 5.41) is 0. The molecule has 4 heterocycles. The fourth-order valence-corrected chi connectivity index (χ4v) is 4.84. The summed E-state index contributed by atoms with van der Waals surface area (Å²) in [5.74, 6) is 0. The van der Waals surface area contributed by atoms with Crippen LogP contribution in [0.1, 0.15) is 47.2 Å². The molecule has 0 N–H and O–H groups in total. The molecule has 0 bridgehead atoms. The Balaban J connectivity index is 1.69. The zero-order valence-electron chi connectivity index (χ0n) is 19.2. The van der Waals surface area contributed by atoms with Gasteiger partial charge in [0, 0.05) is 67.1 Å². The quantitative estimate of drug-likeness (QED) is 0.492. The molecule has 3 aromatic heterocycles. The summed E-state index contributed by atoms with van der Waals surface area (Å²) in [5.41, 5.74) is 6.53. The molecule has 8 heteroatoms. The third-order valence-corrected chi connectivity index (χ3v) is 6.66. The zero-order chi connectivity index (χ0) is 23.8. The number of aromatic nitrogens is 2. The van der Waals surface area contributed by atoms with Crippen molar-refractivity contribution in [2.75, 3.05) is 32.7 Å². The maximum atomic E-state index is 12.8. The second-order valence-electron chi connectivity index (χ2n) is 8.71. The van der Waals surface area contributed by atoms with Gasteiger partial charge in [-0.25, -0.2) is 0 Å². The number of carbonyl (C=O) groups excluding carboxylic acids is 1. The number of aldehydes is 1. The summed E-state index contributed by atoms with van der Waals surface area (Å²) >= 11 is 0. The minimum atomic E-state index is -4.18. The molecule has 0 amide bonds. The van der Waals surface area contributed by atoms with Crippen LogP contribution < -0.4 is 0 Å². The van der Waals surface area contributed by atoms with Crippen molar-refractivity contribution in [3.8, 4) is 11.1 Å². The van der Waals surface area contributed by atoms with E-state index in [1.165, 1.54) is 4.90 Å². The number of piperazine rings is 1. The molecule has 0 radical (unpaired) electrons. The zero-order valence-corrected chi connectivity index (χ0v) is 19.2. The van der Waals surface area contributed by atoms with Crippen LogP contribution in [0, 0.1) is 6.92 Å². The van der Waals surface area contributed by atoms with Crippen molar-refractivity contribution >= 4 is 11.8 Å². The van der Waals surface area contributed by atoms with Gasteiger partial charge < -0.3 is 4.40 Å². The van der Waals surface area contributed by atoms with Crippen LogP contribution in [0.25, 0.3) is 16.6 Å². The van der Waals surface area contributed by atoms with Crippen LogP contribution in [0.4, 0.5) is 13.2 Å². The minimum absolute atomic E-state index is 0.0515. The number of aryl methyl sites for hydroxylation is 1. The molecule has 0 spiro atoms. The maximum Gasteiger partial charge on any atom is 0.401 e. The molecule has 1 unspecified atom stereocenters. The second-order valence-corrected chi connectivity index (χ2v) is 8.71. The number of rotatable bonds is 6. The first-order valence-corrected chi connectivity index (χ1v) is 11.3. The highest BCUT2D eigenvalue weighted by Crippen LogP contribution is 2.33. The average Bonchev–Trinajstić information content (AvgIpc) is 3.21. The molecule has 1 atom stereocenters. The molecular weight excluding hydrogens is 429 g/mol. The summed E-state index contributed by atoms with van der Waals surface area (Å²) in [4.78, 5) is 20.0. The summed E-state index contributed by atoms with van der Waals surface area (Å²) in [7, 11) is 0. The van der Waals surface area contributed by atoms with Crippen molar-refractivity contribution in [2.24, 2.45) is 0 Å². The Morgan fingerprint density at radius 2 is 1.88 bits per heavy atom. The summed E-state index contributed by atoms with van der Waals surface area (Å²) < 4.78 is 40.4. The highest BCUT2D eigenvalue weighted by atomic mass is 19.4. The Bertz CT molecular complexity index is 1150. The lowest BCUT2D eigenvalue weighted by molar-refractivity contribution is -0.149. The normalized spacial score (nSPS) is 16.9. The van der Waals surface area contributed by atoms with E-state index in [0.29, 0.717) is 31.7 Å². The number of hydrogen-bond donors (Lipinski definition) is 0. The number of halogens is 3. The van der Waals surface area contributed by atoms with Gasteiger partial charge in [0.1, 0.15) is 6.29 Å². The van der Waals surface area contributed by atoms with Crippen molar-refractivity contribution in [3.05, 3.63) is 59.2 Å². The Kier molecular flexibility index (Phi) is 6.59. The third kappa shape index (κ3) is 4.82. The highest BCUT2D eigenvalue weighted by molar-refractivity contribution is 5.87. The average molecular weight is 459 g/mol. The molecule has 1 aliphatic heterocycles. The van der Waals surface area contributed by atoms with Crippen molar-refractivity contribution in [3.63, 3.8) is 0 Å². The van der Waals surface area contributed by atoms with Crippen LogP contribution >= 0.6 is 0 Å². The van der Waals surface area contributed by atoms with E-state index in [4.69, 9.17) is 0 Å². The van der Waals surface area contributed by atoms with Gasteiger partial charge in [-0.05, 0) is 55.7 Å². The topological polar surface area (TPSA) is 40.9 Å². The number of nitrogens with zero attached hydrogens (tertiary/aromatic N) is 4. The van der Waals surface area contributed by atoms with Crippen LogP contribution in [0.15, 0.2) is 36.7 Å². The van der Waals surface area contributed by atoms with Gasteiger partial charge in [-0.15, -0.1) is 0 Å². The fraction of sp³-hybridized carbons (Fsp3) is 0.440. The Labute approximate surface area is 191 Å². The van der Waals surface area contributed by atoms with E-state index in [0.717, 1.165) is 46.3 Å². The van der Waals surface area contributed by atoms with Gasteiger partial charge >= 0.3 is 6.18 Å². The summed E-state index contributed by atoms with van der Waals surface area (Å²) in [6.07, 6.45) is 1.36. The summed E-state index contributed by atoms with van der Waals surface area (Å²) in [6, 6.07) is 7.96. The molecule has 4 rings (SSSR count). The summed E-state index contributed by atoms with van der Waals surface area (Å²) in [6.45, 7) is 7.02. The third-order valence-electron chi connectivity index (χ3n) is 6.66. The molecule has 1 aliphatic rings. The fourth-order valence-electron chi connectivity index (χ4n) is 4.84. The van der Waals surface area contributed by atoms with Crippen molar-refractivity contribution in [2.45, 2.75) is 39.4 Å². The van der Waals surface area contributed by atoms with E-state index < -0.39 is 12.7 Å². The molecule has 176 valence electrons. The molecular formula is C25H29F3N4O. The molecule has 0 aliphatic carbocycles. The first-order chi connectivity index (χ1) is 15.7. The smallest absolute Gasteiger partial charge is 0.318 e. The van der Waals surface area contributed by atoms with Gasteiger partial charge in [0.05, 0.1) is 12.1 Å². The molecule has 33 heavy (non-hydrogen) atoms. The number of alkyl halides is 3. The molecule has 1 saturated heterocycles. The van der Waals surface area contributed by atoms with Gasteiger partial charge in [0.2, 0.25) is 0 Å². The SMILES string of the molecule is CCc1cc(-c2ccn3c(C(C)N4CCN(CC(F)(F)F)CC4)c(C)c(C=O)cc23)ccn1. The molecule has 0 saturated carbocycles. The van der Waals surface area contributed by atoms with Crippen LogP contribution in [0.2, 0.25) is 0 Å². The minimum Gasteiger partial charge on any atom is -0.318 e. The highest BCUT2D eigenvalue weighted by Gasteiger charge is 2.33. The maximum absolute atomic E-state index is 12.8. The molecule has 3 aromatic rings. The monoisotopic (exact) mass is 458 g/mol. The van der Waals surface area contributed by atoms with Crippen molar-refractivity contribution < 1.29 is 18.0 Å². The number of fused-ring (bicyclic) bond motifs is 1. The van der Waals surface area contributed by atoms with E-state index in [2.05, 4.69) is 40.3 Å². The Hall–Kier alpha value is -2.71. The predicted octanol–water partition coefficient (Wildman–Crippen LogP) is 4.93. The van der Waals surface area contributed by atoms with Crippen LogP contribution in [-0.4, -0.2) is 64.4 Å². The lowest BCUT2D eigenvalue weighted by Gasteiger charge is -2.39. The predicted molar refractivity (Wildman–Crippen MR) is 123 cm³/mol. The van der Waals surface area contributed by atoms with Gasteiger partial charge in [0.15, 0.2) is 0 Å². The van der Waals surface area contributed by atoms with Gasteiger partial charge in [-0.3, -0.25) is 19.6 Å². The largest absolute Gasteiger partial charge is 0.401 e.